The van der Waals surface area contributed by atoms with Gasteiger partial charge < -0.3 is 31.9 Å². The van der Waals surface area contributed by atoms with Gasteiger partial charge in [-0.2, -0.15) is 0 Å². The molecule has 4 unspecified atom stereocenters. The lowest BCUT2D eigenvalue weighted by Crippen LogP contribution is -2.59. The molecule has 0 bridgehead atoms. The fourth-order valence-corrected chi connectivity index (χ4v) is 10.4. The van der Waals surface area contributed by atoms with Crippen LogP contribution in [0.1, 0.15) is 111 Å². The first-order valence-electron chi connectivity index (χ1n) is 17.5. The zero-order valence-electron chi connectivity index (χ0n) is 26.6. The second-order valence-corrected chi connectivity index (χ2v) is 15.1. The molecule has 0 amide bonds. The van der Waals surface area contributed by atoms with Gasteiger partial charge in [0.05, 0.1) is 6.10 Å². The molecular weight excluding hydrogens is 512 g/mol. The molecule has 7 heteroatoms. The van der Waals surface area contributed by atoms with Gasteiger partial charge in [-0.05, 0) is 169 Å². The van der Waals surface area contributed by atoms with Gasteiger partial charge in [0.15, 0.2) is 0 Å². The van der Waals surface area contributed by atoms with E-state index in [0.29, 0.717) is 47.0 Å². The Balaban J connectivity index is 1.20. The van der Waals surface area contributed by atoms with Gasteiger partial charge in [0.25, 0.3) is 0 Å². The zero-order valence-corrected chi connectivity index (χ0v) is 26.6. The lowest BCUT2D eigenvalue weighted by atomic mass is 9.43. The number of unbranched alkanes of at least 4 members (excludes halogenated alkanes) is 1. The molecule has 0 spiro atoms. The molecule has 4 aliphatic rings. The molecule has 4 saturated carbocycles. The van der Waals surface area contributed by atoms with Crippen molar-refractivity contribution in [3.8, 4) is 0 Å². The van der Waals surface area contributed by atoms with Crippen molar-refractivity contribution in [1.29, 1.82) is 0 Å². The van der Waals surface area contributed by atoms with Gasteiger partial charge in [-0.1, -0.05) is 20.8 Å². The largest absolute Gasteiger partial charge is 0.481 e. The van der Waals surface area contributed by atoms with E-state index in [1.54, 1.807) is 0 Å². The summed E-state index contributed by atoms with van der Waals surface area (Å²) in [5, 5.41) is 31.9. The molecule has 0 aromatic heterocycles. The highest BCUT2D eigenvalue weighted by Gasteiger charge is 2.62. The molecule has 4 fully saturated rings. The highest BCUT2D eigenvalue weighted by molar-refractivity contribution is 5.66. The van der Waals surface area contributed by atoms with E-state index in [1.807, 2.05) is 0 Å². The van der Waals surface area contributed by atoms with Crippen LogP contribution in [0.25, 0.3) is 0 Å². The van der Waals surface area contributed by atoms with Gasteiger partial charge >= 0.3 is 5.97 Å². The summed E-state index contributed by atoms with van der Waals surface area (Å²) < 4.78 is 0. The van der Waals surface area contributed by atoms with Crippen LogP contribution in [-0.2, 0) is 4.79 Å². The summed E-state index contributed by atoms with van der Waals surface area (Å²) in [6.07, 6.45) is 15.3. The van der Waals surface area contributed by atoms with Crippen LogP contribution in [0.3, 0.4) is 0 Å². The molecule has 7 N–H and O–H groups in total. The predicted molar refractivity (Wildman–Crippen MR) is 168 cm³/mol. The lowest BCUT2D eigenvalue weighted by Gasteiger charge is -2.62. The second kappa shape index (κ2) is 15.3. The molecule has 10 atom stereocenters. The molecule has 0 aliphatic heterocycles. The lowest BCUT2D eigenvalue weighted by molar-refractivity contribution is -0.167. The first-order valence-corrected chi connectivity index (χ1v) is 17.5. The van der Waals surface area contributed by atoms with Crippen molar-refractivity contribution in [3.05, 3.63) is 0 Å². The Labute approximate surface area is 250 Å². The van der Waals surface area contributed by atoms with Crippen molar-refractivity contribution in [2.75, 3.05) is 39.3 Å². The van der Waals surface area contributed by atoms with Gasteiger partial charge in [-0.15, -0.1) is 0 Å². The third kappa shape index (κ3) is 7.87. The van der Waals surface area contributed by atoms with Gasteiger partial charge in [-0.3, -0.25) is 4.79 Å². The third-order valence-corrected chi connectivity index (χ3v) is 12.7. The Morgan fingerprint density at radius 1 is 0.878 bits per heavy atom. The summed E-state index contributed by atoms with van der Waals surface area (Å²) in [6.45, 7) is 13.5. The van der Waals surface area contributed by atoms with Crippen LogP contribution in [0.4, 0.5) is 0 Å². The predicted octanol–water partition coefficient (Wildman–Crippen LogP) is 4.77. The first-order chi connectivity index (χ1) is 19.7. The average molecular weight is 577 g/mol. The van der Waals surface area contributed by atoms with Crippen molar-refractivity contribution in [1.82, 2.24) is 16.0 Å². The monoisotopic (exact) mass is 576 g/mol. The SMILES string of the molecule is CC(CCC(=O)O)[C@H]1CCC2C3C(CC[C@@]21C)[C@@]1(C)CC[C@H](NCCCNCCCCNCCCN)C[C@H]1C[C@H]3O. The fourth-order valence-electron chi connectivity index (χ4n) is 10.4. The minimum atomic E-state index is -0.669. The van der Waals surface area contributed by atoms with E-state index in [4.69, 9.17) is 5.73 Å². The number of hydrogen-bond acceptors (Lipinski definition) is 6. The standard InChI is InChI=1S/C34H64N4O3/c1-24(8-11-31(40)41)27-9-10-28-32-29(13-15-34(27,28)3)33(2)14-12-26(22-25(33)23-30(32)39)38-21-7-20-37-18-5-4-17-36-19-6-16-35/h24-30,32,36-39H,4-23,35H2,1-3H3,(H,40,41)/t24?,25-,26-,27+,28?,29?,30+,32?,33-,34+/m0/s1. The molecule has 0 radical (unpaired) electrons. The number of aliphatic hydroxyl groups excluding tert-OH is 1. The van der Waals surface area contributed by atoms with Crippen LogP contribution in [0.2, 0.25) is 0 Å². The number of nitrogens with one attached hydrogen (secondary N) is 3. The maximum atomic E-state index is 11.7. The Morgan fingerprint density at radius 2 is 1.54 bits per heavy atom. The van der Waals surface area contributed by atoms with Crippen LogP contribution < -0.4 is 21.7 Å². The number of rotatable bonds is 17. The van der Waals surface area contributed by atoms with E-state index in [-0.39, 0.29) is 17.9 Å². The number of carboxylic acids is 1. The average Bonchev–Trinajstić information content (AvgIpc) is 3.30. The van der Waals surface area contributed by atoms with Crippen molar-refractivity contribution >= 4 is 5.97 Å². The topological polar surface area (TPSA) is 120 Å². The summed E-state index contributed by atoms with van der Waals surface area (Å²) >= 11 is 0. The van der Waals surface area contributed by atoms with Gasteiger partial charge in [0.2, 0.25) is 0 Å². The molecule has 4 rings (SSSR count). The summed E-state index contributed by atoms with van der Waals surface area (Å²) in [4.78, 5) is 11.2. The van der Waals surface area contributed by atoms with Gasteiger partial charge in [0, 0.05) is 12.5 Å². The highest BCUT2D eigenvalue weighted by Crippen LogP contribution is 2.68. The van der Waals surface area contributed by atoms with Crippen molar-refractivity contribution < 1.29 is 15.0 Å². The molecule has 0 aromatic rings. The van der Waals surface area contributed by atoms with Crippen molar-refractivity contribution in [2.45, 2.75) is 123 Å². The summed E-state index contributed by atoms with van der Waals surface area (Å²) in [5.41, 5.74) is 6.15. The molecule has 0 aromatic carbocycles. The van der Waals surface area contributed by atoms with E-state index in [2.05, 4.69) is 36.7 Å². The second-order valence-electron chi connectivity index (χ2n) is 15.1. The number of carbonyl (C=O) groups is 1. The highest BCUT2D eigenvalue weighted by atomic mass is 16.4. The van der Waals surface area contributed by atoms with Crippen LogP contribution in [0.5, 0.6) is 0 Å². The molecule has 7 nitrogen and oxygen atoms in total. The normalized spacial score (nSPS) is 39.1. The number of fused-ring (bicyclic) bond motifs is 5. The third-order valence-electron chi connectivity index (χ3n) is 12.7. The maximum Gasteiger partial charge on any atom is 0.303 e. The van der Waals surface area contributed by atoms with Crippen LogP contribution in [0, 0.1) is 46.3 Å². The van der Waals surface area contributed by atoms with Crippen LogP contribution in [-0.4, -0.2) is 67.6 Å². The van der Waals surface area contributed by atoms with E-state index in [1.165, 1.54) is 64.2 Å². The Hall–Kier alpha value is -0.730. The smallest absolute Gasteiger partial charge is 0.303 e. The van der Waals surface area contributed by atoms with E-state index in [0.717, 1.165) is 58.5 Å². The molecule has 4 aliphatic carbocycles. The van der Waals surface area contributed by atoms with E-state index in [9.17, 15) is 15.0 Å². The minimum Gasteiger partial charge on any atom is -0.481 e. The fraction of sp³-hybridized carbons (Fsp3) is 0.971. The molecule has 0 heterocycles. The molecule has 41 heavy (non-hydrogen) atoms. The quantitative estimate of drug-likeness (QED) is 0.138. The van der Waals surface area contributed by atoms with E-state index >= 15 is 0 Å². The first kappa shape index (κ1) is 33.2. The van der Waals surface area contributed by atoms with Gasteiger partial charge in [-0.25, -0.2) is 0 Å². The number of aliphatic hydroxyl groups is 1. The van der Waals surface area contributed by atoms with E-state index < -0.39 is 5.97 Å². The van der Waals surface area contributed by atoms with Gasteiger partial charge in [0.1, 0.15) is 0 Å². The van der Waals surface area contributed by atoms with Crippen molar-refractivity contribution in [3.63, 3.8) is 0 Å². The Kier molecular flexibility index (Phi) is 12.4. The zero-order chi connectivity index (χ0) is 29.5. The van der Waals surface area contributed by atoms with Crippen LogP contribution in [0.15, 0.2) is 0 Å². The summed E-state index contributed by atoms with van der Waals surface area (Å²) in [5.74, 6) is 2.68. The number of carboxylic acid groups (broad SMARTS) is 1. The summed E-state index contributed by atoms with van der Waals surface area (Å²) in [7, 11) is 0. The summed E-state index contributed by atoms with van der Waals surface area (Å²) in [6, 6.07) is 0.594. The number of hydrogen-bond donors (Lipinski definition) is 6. The Morgan fingerprint density at radius 3 is 2.24 bits per heavy atom. The van der Waals surface area contributed by atoms with Crippen molar-refractivity contribution in [2.24, 2.45) is 52.1 Å². The minimum absolute atomic E-state index is 0.172. The number of aliphatic carboxylic acids is 1. The van der Waals surface area contributed by atoms with Crippen LogP contribution >= 0.6 is 0 Å². The number of nitrogens with two attached hydrogens (primary N) is 1. The molecule has 0 saturated heterocycles. The Bertz CT molecular complexity index is 813. The molecular formula is C34H64N4O3. The maximum absolute atomic E-state index is 11.7. The molecule has 238 valence electrons.